The highest BCUT2D eigenvalue weighted by atomic mass is 32.2. The van der Waals surface area contributed by atoms with E-state index in [9.17, 15) is 9.59 Å². The summed E-state index contributed by atoms with van der Waals surface area (Å²) in [6.07, 6.45) is 3.64. The molecule has 2 rings (SSSR count). The van der Waals surface area contributed by atoms with Crippen molar-refractivity contribution < 1.29 is 9.59 Å². The molecular weight excluding hydrogens is 300 g/mol. The number of imide groups is 1. The van der Waals surface area contributed by atoms with Gasteiger partial charge in [-0.25, -0.2) is 9.78 Å². The zero-order valence-corrected chi connectivity index (χ0v) is 13.9. The molecule has 2 heterocycles. The van der Waals surface area contributed by atoms with Gasteiger partial charge >= 0.3 is 6.03 Å². The number of hydrogen-bond donors (Lipinski definition) is 2. The molecule has 1 atom stereocenters. The number of urea groups is 1. The first-order chi connectivity index (χ1) is 10.3. The van der Waals surface area contributed by atoms with Gasteiger partial charge in [0, 0.05) is 11.7 Å². The molecule has 0 aliphatic rings. The molecule has 0 radical (unpaired) electrons. The second-order valence-electron chi connectivity index (χ2n) is 5.99. The first-order valence-electron chi connectivity index (χ1n) is 6.98. The van der Waals surface area contributed by atoms with Gasteiger partial charge in [-0.3, -0.25) is 14.5 Å². The standard InChI is InChI=1S/C15H20N4O2S/c1-10(12(20)17-13(21)18-15(2,3)4)22-14-16-9-11-7-5-6-8-19(11)14/h5-10H,1-4H3,(H2,17,18,20,21). The zero-order valence-electron chi connectivity index (χ0n) is 13.1. The number of carbonyl (C=O) groups is 2. The molecule has 0 bridgehead atoms. The maximum Gasteiger partial charge on any atom is 0.321 e. The Hall–Kier alpha value is -2.02. The highest BCUT2D eigenvalue weighted by molar-refractivity contribution is 8.00. The van der Waals surface area contributed by atoms with Crippen molar-refractivity contribution in [1.82, 2.24) is 20.0 Å². The fourth-order valence-electron chi connectivity index (χ4n) is 1.80. The van der Waals surface area contributed by atoms with Gasteiger partial charge in [0.25, 0.3) is 0 Å². The van der Waals surface area contributed by atoms with Crippen LogP contribution >= 0.6 is 11.8 Å². The van der Waals surface area contributed by atoms with Crippen molar-refractivity contribution in [3.63, 3.8) is 0 Å². The van der Waals surface area contributed by atoms with Crippen LogP contribution < -0.4 is 10.6 Å². The maximum atomic E-state index is 12.1. The Morgan fingerprint density at radius 2 is 2.05 bits per heavy atom. The third-order valence-corrected chi connectivity index (χ3v) is 3.86. The van der Waals surface area contributed by atoms with Crippen LogP contribution in [0.2, 0.25) is 0 Å². The minimum atomic E-state index is -0.488. The summed E-state index contributed by atoms with van der Waals surface area (Å²) in [5.41, 5.74) is 0.572. The first-order valence-corrected chi connectivity index (χ1v) is 7.86. The van der Waals surface area contributed by atoms with Crippen molar-refractivity contribution in [3.8, 4) is 0 Å². The highest BCUT2D eigenvalue weighted by Gasteiger charge is 2.21. The molecule has 2 N–H and O–H groups in total. The summed E-state index contributed by atoms with van der Waals surface area (Å²) in [6.45, 7) is 7.30. The lowest BCUT2D eigenvalue weighted by Gasteiger charge is -2.21. The number of nitrogens with zero attached hydrogens (tertiary/aromatic N) is 2. The Labute approximate surface area is 133 Å². The summed E-state index contributed by atoms with van der Waals surface area (Å²) < 4.78 is 1.91. The molecule has 22 heavy (non-hydrogen) atoms. The number of amides is 3. The smallest absolute Gasteiger partial charge is 0.321 e. The predicted octanol–water partition coefficient (Wildman–Crippen LogP) is 2.44. The minimum absolute atomic E-state index is 0.348. The Morgan fingerprint density at radius 3 is 2.73 bits per heavy atom. The van der Waals surface area contributed by atoms with Gasteiger partial charge < -0.3 is 5.32 Å². The van der Waals surface area contributed by atoms with E-state index in [1.807, 2.05) is 49.6 Å². The van der Waals surface area contributed by atoms with Crippen molar-refractivity contribution in [2.24, 2.45) is 0 Å². The molecule has 0 fully saturated rings. The predicted molar refractivity (Wildman–Crippen MR) is 86.9 cm³/mol. The second-order valence-corrected chi connectivity index (χ2v) is 7.30. The number of fused-ring (bicyclic) bond motifs is 1. The quantitative estimate of drug-likeness (QED) is 0.852. The molecule has 118 valence electrons. The van der Waals surface area contributed by atoms with E-state index in [0.29, 0.717) is 0 Å². The van der Waals surface area contributed by atoms with Crippen molar-refractivity contribution in [1.29, 1.82) is 0 Å². The van der Waals surface area contributed by atoms with E-state index in [-0.39, 0.29) is 11.4 Å². The summed E-state index contributed by atoms with van der Waals surface area (Å²) in [7, 11) is 0. The molecule has 2 aromatic heterocycles. The molecule has 2 aromatic rings. The van der Waals surface area contributed by atoms with E-state index in [1.54, 1.807) is 13.1 Å². The molecule has 0 saturated heterocycles. The molecule has 0 spiro atoms. The Bertz CT molecular complexity index is 690. The molecule has 0 aliphatic carbocycles. The van der Waals surface area contributed by atoms with E-state index in [2.05, 4.69) is 15.6 Å². The third-order valence-electron chi connectivity index (χ3n) is 2.78. The monoisotopic (exact) mass is 320 g/mol. The number of rotatable bonds is 3. The van der Waals surface area contributed by atoms with Gasteiger partial charge in [0.15, 0.2) is 5.16 Å². The van der Waals surface area contributed by atoms with E-state index in [0.717, 1.165) is 10.7 Å². The maximum absolute atomic E-state index is 12.1. The van der Waals surface area contributed by atoms with E-state index in [4.69, 9.17) is 0 Å². The molecule has 7 heteroatoms. The topological polar surface area (TPSA) is 75.5 Å². The van der Waals surface area contributed by atoms with Gasteiger partial charge in [-0.05, 0) is 39.8 Å². The van der Waals surface area contributed by atoms with Gasteiger partial charge in [0.2, 0.25) is 5.91 Å². The molecule has 3 amide bonds. The lowest BCUT2D eigenvalue weighted by molar-refractivity contribution is -0.119. The van der Waals surface area contributed by atoms with Crippen molar-refractivity contribution >= 4 is 29.2 Å². The lowest BCUT2D eigenvalue weighted by atomic mass is 10.1. The van der Waals surface area contributed by atoms with Crippen LogP contribution in [0.5, 0.6) is 0 Å². The number of aromatic nitrogens is 2. The van der Waals surface area contributed by atoms with Gasteiger partial charge in [-0.15, -0.1) is 0 Å². The highest BCUT2D eigenvalue weighted by Crippen LogP contribution is 2.23. The minimum Gasteiger partial charge on any atom is -0.333 e. The Balaban J connectivity index is 1.98. The number of carbonyl (C=O) groups excluding carboxylic acids is 2. The van der Waals surface area contributed by atoms with Crippen molar-refractivity contribution in [2.45, 2.75) is 43.6 Å². The Kier molecular flexibility index (Phi) is 4.75. The largest absolute Gasteiger partial charge is 0.333 e. The van der Waals surface area contributed by atoms with Crippen LogP contribution in [-0.2, 0) is 4.79 Å². The van der Waals surface area contributed by atoms with Gasteiger partial charge in [0.05, 0.1) is 17.0 Å². The molecule has 0 aromatic carbocycles. The number of nitrogens with one attached hydrogen (secondary N) is 2. The summed E-state index contributed by atoms with van der Waals surface area (Å²) in [4.78, 5) is 28.1. The van der Waals surface area contributed by atoms with Crippen molar-refractivity contribution in [2.75, 3.05) is 0 Å². The third kappa shape index (κ3) is 4.24. The van der Waals surface area contributed by atoms with E-state index in [1.165, 1.54) is 11.8 Å². The first kappa shape index (κ1) is 16.4. The van der Waals surface area contributed by atoms with Crippen LogP contribution in [0.4, 0.5) is 4.79 Å². The van der Waals surface area contributed by atoms with E-state index < -0.39 is 11.3 Å². The average molecular weight is 320 g/mol. The van der Waals surface area contributed by atoms with Gasteiger partial charge in [-0.1, -0.05) is 17.8 Å². The van der Waals surface area contributed by atoms with Crippen LogP contribution in [0.25, 0.3) is 5.52 Å². The lowest BCUT2D eigenvalue weighted by Crippen LogP contribution is -2.49. The normalized spacial score (nSPS) is 12.9. The fourth-order valence-corrected chi connectivity index (χ4v) is 2.68. The summed E-state index contributed by atoms with van der Waals surface area (Å²) in [5.74, 6) is -0.348. The zero-order chi connectivity index (χ0) is 16.3. The molecular formula is C15H20N4O2S. The van der Waals surface area contributed by atoms with Crippen LogP contribution in [0.3, 0.4) is 0 Å². The molecule has 0 saturated carbocycles. The second kappa shape index (κ2) is 6.39. The van der Waals surface area contributed by atoms with Crippen LogP contribution in [0.1, 0.15) is 27.7 Å². The average Bonchev–Trinajstić information content (AvgIpc) is 2.80. The fraction of sp³-hybridized carbons (Fsp3) is 0.400. The molecule has 0 aliphatic heterocycles. The van der Waals surface area contributed by atoms with Gasteiger partial charge in [0.1, 0.15) is 0 Å². The van der Waals surface area contributed by atoms with Crippen LogP contribution in [0, 0.1) is 0 Å². The summed E-state index contributed by atoms with van der Waals surface area (Å²) in [6, 6.07) is 5.29. The number of hydrogen-bond acceptors (Lipinski definition) is 4. The SMILES string of the molecule is CC(Sc1ncc2ccccn12)C(=O)NC(=O)NC(C)(C)C. The number of thioether (sulfide) groups is 1. The van der Waals surface area contributed by atoms with Gasteiger partial charge in [-0.2, -0.15) is 0 Å². The molecule has 1 unspecified atom stereocenters. The van der Waals surface area contributed by atoms with Crippen molar-refractivity contribution in [3.05, 3.63) is 30.6 Å². The van der Waals surface area contributed by atoms with Crippen LogP contribution in [-0.4, -0.2) is 32.1 Å². The number of imidazole rings is 1. The van der Waals surface area contributed by atoms with Crippen LogP contribution in [0.15, 0.2) is 35.7 Å². The summed E-state index contributed by atoms with van der Waals surface area (Å²) >= 11 is 1.31. The number of pyridine rings is 1. The summed E-state index contributed by atoms with van der Waals surface area (Å²) in [5, 5.41) is 5.33. The van der Waals surface area contributed by atoms with E-state index >= 15 is 0 Å². The Morgan fingerprint density at radius 1 is 1.32 bits per heavy atom. The molecule has 6 nitrogen and oxygen atoms in total.